The van der Waals surface area contributed by atoms with Crippen LogP contribution in [0.5, 0.6) is 5.75 Å². The fourth-order valence-electron chi connectivity index (χ4n) is 3.08. The molecule has 0 spiro atoms. The van der Waals surface area contributed by atoms with Gasteiger partial charge in [0.25, 0.3) is 0 Å². The Morgan fingerprint density at radius 3 is 3.14 bits per heavy atom. The quantitative estimate of drug-likeness (QED) is 0.878. The summed E-state index contributed by atoms with van der Waals surface area (Å²) in [5.74, 6) is 1.10. The molecule has 1 aromatic rings. The maximum Gasteiger partial charge on any atom is 0.127 e. The van der Waals surface area contributed by atoms with E-state index in [9.17, 15) is 0 Å². The molecule has 0 saturated carbocycles. The van der Waals surface area contributed by atoms with Gasteiger partial charge in [-0.05, 0) is 24.2 Å². The molecule has 116 valence electrons. The minimum atomic E-state index is 0.440. The molecule has 1 saturated heterocycles. The molecule has 5 heteroatoms. The number of nitrogens with zero attached hydrogens (tertiary/aromatic N) is 1. The SMILES string of the molecule is CCNCC1COCCN1Cc1cc(Br)cc2c1OCC2. The zero-order valence-electron chi connectivity index (χ0n) is 12.5. The van der Waals surface area contributed by atoms with E-state index >= 15 is 0 Å². The van der Waals surface area contributed by atoms with E-state index in [-0.39, 0.29) is 0 Å². The molecule has 3 rings (SSSR count). The molecule has 1 atom stereocenters. The Hall–Kier alpha value is -0.620. The molecule has 0 amide bonds. The van der Waals surface area contributed by atoms with E-state index in [4.69, 9.17) is 9.47 Å². The Labute approximate surface area is 134 Å². The summed E-state index contributed by atoms with van der Waals surface area (Å²) >= 11 is 3.63. The minimum absolute atomic E-state index is 0.440. The van der Waals surface area contributed by atoms with E-state index in [1.54, 1.807) is 0 Å². The third-order valence-corrected chi connectivity index (χ3v) is 4.64. The first-order valence-corrected chi connectivity index (χ1v) is 8.54. The lowest BCUT2D eigenvalue weighted by molar-refractivity contribution is -0.0110. The predicted octanol–water partition coefficient (Wildman–Crippen LogP) is 2.19. The van der Waals surface area contributed by atoms with Crippen LogP contribution in [0.3, 0.4) is 0 Å². The van der Waals surface area contributed by atoms with Crippen molar-refractivity contribution in [2.75, 3.05) is 39.5 Å². The number of hydrogen-bond acceptors (Lipinski definition) is 4. The van der Waals surface area contributed by atoms with Gasteiger partial charge in [0, 0.05) is 42.1 Å². The summed E-state index contributed by atoms with van der Waals surface area (Å²) < 4.78 is 12.6. The van der Waals surface area contributed by atoms with Gasteiger partial charge in [-0.25, -0.2) is 0 Å². The maximum absolute atomic E-state index is 5.85. The zero-order valence-corrected chi connectivity index (χ0v) is 14.1. The largest absolute Gasteiger partial charge is 0.493 e. The van der Waals surface area contributed by atoms with Crippen molar-refractivity contribution in [2.45, 2.75) is 25.9 Å². The zero-order chi connectivity index (χ0) is 14.7. The second-order valence-corrected chi connectivity index (χ2v) is 6.57. The van der Waals surface area contributed by atoms with Crippen molar-refractivity contribution in [3.05, 3.63) is 27.7 Å². The third-order valence-electron chi connectivity index (χ3n) is 4.18. The van der Waals surface area contributed by atoms with Gasteiger partial charge in [-0.2, -0.15) is 0 Å². The van der Waals surface area contributed by atoms with Crippen LogP contribution in [0.4, 0.5) is 0 Å². The van der Waals surface area contributed by atoms with Gasteiger partial charge < -0.3 is 14.8 Å². The van der Waals surface area contributed by atoms with Gasteiger partial charge in [-0.1, -0.05) is 22.9 Å². The monoisotopic (exact) mass is 354 g/mol. The second kappa shape index (κ2) is 7.09. The van der Waals surface area contributed by atoms with Crippen LogP contribution in [0.15, 0.2) is 16.6 Å². The van der Waals surface area contributed by atoms with Crippen LogP contribution in [0.1, 0.15) is 18.1 Å². The number of hydrogen-bond donors (Lipinski definition) is 1. The first kappa shape index (κ1) is 15.3. The second-order valence-electron chi connectivity index (χ2n) is 5.66. The van der Waals surface area contributed by atoms with Crippen molar-refractivity contribution < 1.29 is 9.47 Å². The van der Waals surface area contributed by atoms with Crippen LogP contribution >= 0.6 is 15.9 Å². The average molecular weight is 355 g/mol. The molecule has 2 aliphatic heterocycles. The minimum Gasteiger partial charge on any atom is -0.493 e. The van der Waals surface area contributed by atoms with Crippen LogP contribution < -0.4 is 10.1 Å². The highest BCUT2D eigenvalue weighted by Crippen LogP contribution is 2.34. The molecule has 0 aromatic heterocycles. The fraction of sp³-hybridized carbons (Fsp3) is 0.625. The third kappa shape index (κ3) is 3.59. The highest BCUT2D eigenvalue weighted by molar-refractivity contribution is 9.10. The van der Waals surface area contributed by atoms with Crippen LogP contribution in [0, 0.1) is 0 Å². The number of ether oxygens (including phenoxy) is 2. The summed E-state index contributed by atoms with van der Waals surface area (Å²) in [4.78, 5) is 2.51. The molecule has 2 aliphatic rings. The Bertz CT molecular complexity index is 495. The summed E-state index contributed by atoms with van der Waals surface area (Å²) in [7, 11) is 0. The predicted molar refractivity (Wildman–Crippen MR) is 86.9 cm³/mol. The number of nitrogens with one attached hydrogen (secondary N) is 1. The highest BCUT2D eigenvalue weighted by Gasteiger charge is 2.25. The lowest BCUT2D eigenvalue weighted by atomic mass is 10.1. The summed E-state index contributed by atoms with van der Waals surface area (Å²) in [5.41, 5.74) is 2.62. The fourth-order valence-corrected chi connectivity index (χ4v) is 3.63. The molecule has 1 unspecified atom stereocenters. The van der Waals surface area contributed by atoms with Gasteiger partial charge in [0.05, 0.1) is 19.8 Å². The molecule has 2 heterocycles. The number of fused-ring (bicyclic) bond motifs is 1. The number of morpholine rings is 1. The van der Waals surface area contributed by atoms with Gasteiger partial charge in [0.2, 0.25) is 0 Å². The smallest absolute Gasteiger partial charge is 0.127 e. The van der Waals surface area contributed by atoms with Crippen LogP contribution in [0.2, 0.25) is 0 Å². The van der Waals surface area contributed by atoms with Crippen molar-refractivity contribution in [2.24, 2.45) is 0 Å². The topological polar surface area (TPSA) is 33.7 Å². The van der Waals surface area contributed by atoms with Gasteiger partial charge >= 0.3 is 0 Å². The molecule has 21 heavy (non-hydrogen) atoms. The molecule has 1 aromatic carbocycles. The van der Waals surface area contributed by atoms with E-state index in [2.05, 4.69) is 45.2 Å². The first-order valence-electron chi connectivity index (χ1n) is 7.74. The number of rotatable bonds is 5. The van der Waals surface area contributed by atoms with Crippen LogP contribution in [-0.4, -0.2) is 50.4 Å². The number of halogens is 1. The summed E-state index contributed by atoms with van der Waals surface area (Å²) in [6.45, 7) is 8.47. The molecule has 1 fully saturated rings. The molecule has 0 radical (unpaired) electrons. The summed E-state index contributed by atoms with van der Waals surface area (Å²) in [5, 5.41) is 3.44. The van der Waals surface area contributed by atoms with E-state index in [0.29, 0.717) is 6.04 Å². The van der Waals surface area contributed by atoms with Crippen molar-refractivity contribution in [3.63, 3.8) is 0 Å². The van der Waals surface area contributed by atoms with Gasteiger partial charge in [0.15, 0.2) is 0 Å². The molecule has 1 N–H and O–H groups in total. The summed E-state index contributed by atoms with van der Waals surface area (Å²) in [6.07, 6.45) is 1.02. The van der Waals surface area contributed by atoms with Crippen LogP contribution in [0.25, 0.3) is 0 Å². The number of likely N-dealkylation sites (N-methyl/N-ethyl adjacent to an activating group) is 1. The van der Waals surface area contributed by atoms with Crippen molar-refractivity contribution >= 4 is 15.9 Å². The van der Waals surface area contributed by atoms with Gasteiger partial charge in [-0.15, -0.1) is 0 Å². The highest BCUT2D eigenvalue weighted by atomic mass is 79.9. The van der Waals surface area contributed by atoms with Crippen molar-refractivity contribution in [3.8, 4) is 5.75 Å². The molecule has 0 bridgehead atoms. The number of benzene rings is 1. The van der Waals surface area contributed by atoms with E-state index < -0.39 is 0 Å². The normalized spacial score (nSPS) is 22.1. The Morgan fingerprint density at radius 1 is 1.38 bits per heavy atom. The Kier molecular flexibility index (Phi) is 5.16. The van der Waals surface area contributed by atoms with Gasteiger partial charge in [-0.3, -0.25) is 4.90 Å². The maximum atomic E-state index is 5.85. The summed E-state index contributed by atoms with van der Waals surface area (Å²) in [6, 6.07) is 4.82. The van der Waals surface area contributed by atoms with E-state index in [0.717, 1.165) is 62.6 Å². The molecular weight excluding hydrogens is 332 g/mol. The van der Waals surface area contributed by atoms with Gasteiger partial charge in [0.1, 0.15) is 5.75 Å². The molecular formula is C16H23BrN2O2. The Balaban J connectivity index is 1.75. The van der Waals surface area contributed by atoms with E-state index in [1.165, 1.54) is 11.1 Å². The molecule has 4 nitrogen and oxygen atoms in total. The van der Waals surface area contributed by atoms with Crippen LogP contribution in [-0.2, 0) is 17.7 Å². The standard InChI is InChI=1S/C16H23BrN2O2/c1-2-18-9-15-11-20-6-4-19(15)10-13-8-14(17)7-12-3-5-21-16(12)13/h7-8,15,18H,2-6,9-11H2,1H3. The van der Waals surface area contributed by atoms with Crippen molar-refractivity contribution in [1.29, 1.82) is 0 Å². The first-order chi connectivity index (χ1) is 10.3. The van der Waals surface area contributed by atoms with Crippen molar-refractivity contribution in [1.82, 2.24) is 10.2 Å². The van der Waals surface area contributed by atoms with E-state index in [1.807, 2.05) is 0 Å². The Morgan fingerprint density at radius 2 is 2.29 bits per heavy atom. The average Bonchev–Trinajstić information content (AvgIpc) is 2.94. The molecule has 0 aliphatic carbocycles. The lowest BCUT2D eigenvalue weighted by Crippen LogP contribution is -2.49. The lowest BCUT2D eigenvalue weighted by Gasteiger charge is -2.36.